The first-order chi connectivity index (χ1) is 19.9. The zero-order valence-corrected chi connectivity index (χ0v) is 24.7. The average molecular weight is 580 g/mol. The summed E-state index contributed by atoms with van der Waals surface area (Å²) in [5.41, 5.74) is 1.62. The van der Waals surface area contributed by atoms with Gasteiger partial charge in [-0.15, -0.1) is 0 Å². The Morgan fingerprint density at radius 1 is 1.10 bits per heavy atom. The van der Waals surface area contributed by atoms with E-state index in [1.165, 1.54) is 18.1 Å². The van der Waals surface area contributed by atoms with Crippen LogP contribution in [0.4, 0.5) is 4.39 Å². The molecule has 0 heterocycles. The maximum Gasteiger partial charge on any atom is 0.325 e. The Kier molecular flexibility index (Phi) is 9.39. The van der Waals surface area contributed by atoms with Crippen molar-refractivity contribution in [2.24, 2.45) is 17.3 Å². The number of amides is 1. The molecule has 224 valence electrons. The zero-order valence-electron chi connectivity index (χ0n) is 24.7. The van der Waals surface area contributed by atoms with Gasteiger partial charge in [-0.05, 0) is 106 Å². The van der Waals surface area contributed by atoms with Gasteiger partial charge in [0.05, 0.1) is 25.2 Å². The van der Waals surface area contributed by atoms with E-state index >= 15 is 0 Å². The number of carbonyl (C=O) groups excluding carboxylic acids is 3. The summed E-state index contributed by atoms with van der Waals surface area (Å²) in [6.45, 7) is 6.92. The first kappa shape index (κ1) is 30.8. The van der Waals surface area contributed by atoms with E-state index in [0.29, 0.717) is 17.9 Å². The lowest BCUT2D eigenvalue weighted by Crippen LogP contribution is -2.49. The van der Waals surface area contributed by atoms with Gasteiger partial charge in [0.1, 0.15) is 18.1 Å². The smallest absolute Gasteiger partial charge is 0.325 e. The Balaban J connectivity index is 1.64. The van der Waals surface area contributed by atoms with E-state index in [1.807, 2.05) is 51.1 Å². The van der Waals surface area contributed by atoms with Crippen LogP contribution in [0.1, 0.15) is 55.6 Å². The first-order valence-electron chi connectivity index (χ1n) is 14.1. The number of esters is 2. The van der Waals surface area contributed by atoms with Crippen molar-refractivity contribution in [1.29, 1.82) is 0 Å². The number of carbonyl (C=O) groups is 3. The summed E-state index contributed by atoms with van der Waals surface area (Å²) in [5.74, 6) is -1.98. The maximum absolute atomic E-state index is 14.2. The molecule has 9 heteroatoms. The molecule has 0 aromatic heterocycles. The van der Waals surface area contributed by atoms with Crippen molar-refractivity contribution in [1.82, 2.24) is 4.90 Å². The zero-order chi connectivity index (χ0) is 30.6. The molecular formula is C33H38FNO7. The van der Waals surface area contributed by atoms with Crippen molar-refractivity contribution in [2.75, 3.05) is 20.3 Å². The van der Waals surface area contributed by atoms with Gasteiger partial charge in [-0.25, -0.2) is 4.39 Å². The molecule has 42 heavy (non-hydrogen) atoms. The summed E-state index contributed by atoms with van der Waals surface area (Å²) in [6, 6.07) is 8.52. The maximum atomic E-state index is 14.2. The number of methoxy groups -OCH3 is 1. The van der Waals surface area contributed by atoms with E-state index in [1.54, 1.807) is 13.0 Å². The Morgan fingerprint density at radius 3 is 2.52 bits per heavy atom. The molecule has 2 aliphatic carbocycles. The third-order valence-electron chi connectivity index (χ3n) is 7.68. The highest BCUT2D eigenvalue weighted by Gasteiger charge is 2.38. The molecule has 1 N–H and O–H groups in total. The molecule has 8 nitrogen and oxygen atoms in total. The summed E-state index contributed by atoms with van der Waals surface area (Å²) in [5, 5.41) is 9.65. The highest BCUT2D eigenvalue weighted by atomic mass is 19.1. The summed E-state index contributed by atoms with van der Waals surface area (Å²) in [7, 11) is 1.53. The summed E-state index contributed by atoms with van der Waals surface area (Å²) in [4.78, 5) is 40.3. The van der Waals surface area contributed by atoms with Crippen LogP contribution in [0.2, 0.25) is 0 Å². The van der Waals surface area contributed by atoms with Crippen molar-refractivity contribution >= 4 is 17.8 Å². The van der Waals surface area contributed by atoms with Crippen LogP contribution in [0.3, 0.4) is 0 Å². The SMILES string of the molecule is CCOC(=O)CN(C(=O)c1ccc(O)c(F)c1)C1C=C(OC)C=CC1[C@@H]1CCc2cc(OC(=O)C(C)(C)C)ccc2C1. The quantitative estimate of drug-likeness (QED) is 0.331. The van der Waals surface area contributed by atoms with Gasteiger partial charge in [-0.2, -0.15) is 0 Å². The molecule has 0 spiro atoms. The molecule has 2 aromatic rings. The average Bonchev–Trinajstić information content (AvgIpc) is 2.96. The van der Waals surface area contributed by atoms with E-state index in [-0.39, 0.29) is 36.5 Å². The number of rotatable bonds is 8. The van der Waals surface area contributed by atoms with Crippen molar-refractivity contribution in [3.05, 3.63) is 82.9 Å². The molecular weight excluding hydrogens is 541 g/mol. The Bertz CT molecular complexity index is 1410. The minimum absolute atomic E-state index is 0.00147. The molecule has 2 unspecified atom stereocenters. The van der Waals surface area contributed by atoms with E-state index in [9.17, 15) is 23.9 Å². The molecule has 0 fully saturated rings. The predicted molar refractivity (Wildman–Crippen MR) is 154 cm³/mol. The number of halogens is 1. The monoisotopic (exact) mass is 579 g/mol. The van der Waals surface area contributed by atoms with Gasteiger partial charge in [0.25, 0.3) is 5.91 Å². The summed E-state index contributed by atoms with van der Waals surface area (Å²) >= 11 is 0. The number of hydrogen-bond acceptors (Lipinski definition) is 7. The van der Waals surface area contributed by atoms with Crippen LogP contribution in [0.25, 0.3) is 0 Å². The van der Waals surface area contributed by atoms with E-state index in [0.717, 1.165) is 36.1 Å². The van der Waals surface area contributed by atoms with Gasteiger partial charge in [-0.3, -0.25) is 14.4 Å². The van der Waals surface area contributed by atoms with Crippen molar-refractivity contribution in [3.63, 3.8) is 0 Å². The van der Waals surface area contributed by atoms with Crippen LogP contribution in [0.5, 0.6) is 11.5 Å². The van der Waals surface area contributed by atoms with E-state index < -0.39 is 34.9 Å². The lowest BCUT2D eigenvalue weighted by Gasteiger charge is -2.40. The van der Waals surface area contributed by atoms with E-state index in [4.69, 9.17) is 14.2 Å². The number of phenolic OH excluding ortho intramolecular Hbond substituents is 1. The van der Waals surface area contributed by atoms with Gasteiger partial charge >= 0.3 is 11.9 Å². The number of ether oxygens (including phenoxy) is 3. The lowest BCUT2D eigenvalue weighted by molar-refractivity contribution is -0.144. The fourth-order valence-electron chi connectivity index (χ4n) is 5.40. The van der Waals surface area contributed by atoms with Crippen molar-refractivity contribution < 1.29 is 38.1 Å². The highest BCUT2D eigenvalue weighted by molar-refractivity contribution is 5.96. The van der Waals surface area contributed by atoms with Gasteiger partial charge in [0, 0.05) is 11.5 Å². The molecule has 0 saturated heterocycles. The molecule has 0 aliphatic heterocycles. The minimum Gasteiger partial charge on any atom is -0.505 e. The number of allylic oxidation sites excluding steroid dienone is 1. The minimum atomic E-state index is -0.929. The topological polar surface area (TPSA) is 102 Å². The second-order valence-corrected chi connectivity index (χ2v) is 11.7. The standard InChI is InChI=1S/C33H38FNO7/c1-6-41-30(37)19-35(31(38)23-10-14-29(36)27(34)17-23)28-18-24(40-5)12-13-26(28)22-8-7-21-16-25(11-9-20(21)15-22)42-32(39)33(2,3)4/h9-14,16-18,22,26,28,36H,6-8,15,19H2,1-5H3/t22-,26?,28?/m1/s1. The van der Waals surface area contributed by atoms with Crippen LogP contribution in [0.15, 0.2) is 60.4 Å². The molecule has 0 bridgehead atoms. The highest BCUT2D eigenvalue weighted by Crippen LogP contribution is 2.38. The predicted octanol–water partition coefficient (Wildman–Crippen LogP) is 5.38. The van der Waals surface area contributed by atoms with Gasteiger partial charge < -0.3 is 24.2 Å². The number of nitrogens with zero attached hydrogens (tertiary/aromatic N) is 1. The molecule has 1 amide bonds. The van der Waals surface area contributed by atoms with E-state index in [2.05, 4.69) is 0 Å². The van der Waals surface area contributed by atoms with Gasteiger partial charge in [0.15, 0.2) is 11.6 Å². The molecule has 0 saturated carbocycles. The Morgan fingerprint density at radius 2 is 1.86 bits per heavy atom. The molecule has 3 atom stereocenters. The Labute approximate surface area is 245 Å². The third-order valence-corrected chi connectivity index (χ3v) is 7.68. The normalized spacial score (nSPS) is 19.8. The first-order valence-corrected chi connectivity index (χ1v) is 14.1. The number of phenols is 1. The largest absolute Gasteiger partial charge is 0.505 e. The second-order valence-electron chi connectivity index (χ2n) is 11.7. The number of fused-ring (bicyclic) bond motifs is 1. The van der Waals surface area contributed by atoms with Crippen LogP contribution < -0.4 is 4.74 Å². The van der Waals surface area contributed by atoms with Crippen LogP contribution in [-0.2, 0) is 31.9 Å². The number of aryl methyl sites for hydroxylation is 1. The third kappa shape index (κ3) is 7.01. The second kappa shape index (κ2) is 12.8. The van der Waals surface area contributed by atoms with Crippen LogP contribution >= 0.6 is 0 Å². The molecule has 2 aliphatic rings. The van der Waals surface area contributed by atoms with Gasteiger partial charge in [-0.1, -0.05) is 12.1 Å². The van der Waals surface area contributed by atoms with Crippen molar-refractivity contribution in [2.45, 2.75) is 53.0 Å². The lowest BCUT2D eigenvalue weighted by atomic mass is 9.72. The fraction of sp³-hybridized carbons (Fsp3) is 0.424. The van der Waals surface area contributed by atoms with Crippen molar-refractivity contribution in [3.8, 4) is 11.5 Å². The van der Waals surface area contributed by atoms with Crippen LogP contribution in [0, 0.1) is 23.1 Å². The molecule has 2 aromatic carbocycles. The summed E-state index contributed by atoms with van der Waals surface area (Å²) in [6.07, 6.45) is 7.91. The number of aromatic hydroxyl groups is 1. The number of hydrogen-bond donors (Lipinski definition) is 1. The number of benzene rings is 2. The Hall–Kier alpha value is -4.14. The summed E-state index contributed by atoms with van der Waals surface area (Å²) < 4.78 is 30.5. The molecule has 0 radical (unpaired) electrons. The fourth-order valence-corrected chi connectivity index (χ4v) is 5.40. The van der Waals surface area contributed by atoms with Gasteiger partial charge in [0.2, 0.25) is 0 Å². The van der Waals surface area contributed by atoms with Crippen LogP contribution in [-0.4, -0.2) is 54.2 Å². The molecule has 4 rings (SSSR count).